The molecule has 0 heterocycles. The summed E-state index contributed by atoms with van der Waals surface area (Å²) in [6, 6.07) is 12.6. The second kappa shape index (κ2) is 7.71. The first-order chi connectivity index (χ1) is 11.3. The normalized spacial score (nSPS) is 11.2. The van der Waals surface area contributed by atoms with E-state index in [1.54, 1.807) is 18.2 Å². The van der Waals surface area contributed by atoms with Crippen molar-refractivity contribution in [1.29, 1.82) is 0 Å². The maximum atomic E-state index is 11.1. The minimum atomic E-state index is -1.01. The smallest absolute Gasteiger partial charge is 0.339 e. The van der Waals surface area contributed by atoms with Crippen LogP contribution in [0, 0.1) is 0 Å². The molecule has 0 radical (unpaired) electrons. The molecule has 4 nitrogen and oxygen atoms in total. The highest BCUT2D eigenvalue weighted by Crippen LogP contribution is 2.31. The van der Waals surface area contributed by atoms with Crippen LogP contribution < -0.4 is 9.47 Å². The van der Waals surface area contributed by atoms with Crippen LogP contribution in [0.3, 0.4) is 0 Å². The molecule has 1 N–H and O–H groups in total. The number of aromatic carboxylic acids is 1. The average Bonchev–Trinajstić information content (AvgIpc) is 2.52. The molecule has 0 unspecified atom stereocenters. The van der Waals surface area contributed by atoms with Gasteiger partial charge in [0.2, 0.25) is 0 Å². The SMILES string of the molecule is CC(C)(C)c1ccc(OCCOc2ccccc2C(=O)O)c(Br)c1. The summed E-state index contributed by atoms with van der Waals surface area (Å²) in [5, 5.41) is 9.11. The quantitative estimate of drug-likeness (QED) is 0.710. The van der Waals surface area contributed by atoms with Crippen molar-refractivity contribution in [2.45, 2.75) is 26.2 Å². The highest BCUT2D eigenvalue weighted by atomic mass is 79.9. The van der Waals surface area contributed by atoms with E-state index in [4.69, 9.17) is 14.6 Å². The number of carboxylic acid groups (broad SMARTS) is 1. The van der Waals surface area contributed by atoms with Crippen LogP contribution in [0.1, 0.15) is 36.7 Å². The fourth-order valence-corrected chi connectivity index (χ4v) is 2.65. The first kappa shape index (κ1) is 18.3. The molecule has 2 aromatic carbocycles. The van der Waals surface area contributed by atoms with Gasteiger partial charge in [-0.05, 0) is 51.2 Å². The maximum Gasteiger partial charge on any atom is 0.339 e. The standard InChI is InChI=1S/C19H21BrO4/c1-19(2,3)13-8-9-17(15(20)12-13)24-11-10-23-16-7-5-4-6-14(16)18(21)22/h4-9,12H,10-11H2,1-3H3,(H,21,22). The molecule has 0 aliphatic carbocycles. The molecule has 0 amide bonds. The van der Waals surface area contributed by atoms with Crippen LogP contribution in [0.2, 0.25) is 0 Å². The predicted molar refractivity (Wildman–Crippen MR) is 97.2 cm³/mol. The second-order valence-electron chi connectivity index (χ2n) is 6.39. The summed E-state index contributed by atoms with van der Waals surface area (Å²) in [5.41, 5.74) is 1.44. The molecule has 0 aliphatic rings. The first-order valence-electron chi connectivity index (χ1n) is 7.67. The van der Waals surface area contributed by atoms with Crippen molar-refractivity contribution in [3.63, 3.8) is 0 Å². The van der Waals surface area contributed by atoms with Crippen molar-refractivity contribution in [2.24, 2.45) is 0 Å². The highest BCUT2D eigenvalue weighted by Gasteiger charge is 2.15. The molecule has 0 saturated carbocycles. The van der Waals surface area contributed by atoms with E-state index in [1.165, 1.54) is 11.6 Å². The third-order valence-corrected chi connectivity index (χ3v) is 4.13. The van der Waals surface area contributed by atoms with Gasteiger partial charge >= 0.3 is 5.97 Å². The van der Waals surface area contributed by atoms with Crippen LogP contribution in [-0.2, 0) is 5.41 Å². The molecule has 5 heteroatoms. The Hall–Kier alpha value is -2.01. The third-order valence-electron chi connectivity index (χ3n) is 3.51. The monoisotopic (exact) mass is 392 g/mol. The van der Waals surface area contributed by atoms with Gasteiger partial charge in [-0.15, -0.1) is 0 Å². The number of benzene rings is 2. The molecule has 128 valence electrons. The number of rotatable bonds is 6. The van der Waals surface area contributed by atoms with E-state index >= 15 is 0 Å². The highest BCUT2D eigenvalue weighted by molar-refractivity contribution is 9.10. The number of carboxylic acids is 1. The topological polar surface area (TPSA) is 55.8 Å². The van der Waals surface area contributed by atoms with Crippen LogP contribution in [-0.4, -0.2) is 24.3 Å². The van der Waals surface area contributed by atoms with Gasteiger partial charge in [0.1, 0.15) is 30.3 Å². The van der Waals surface area contributed by atoms with E-state index in [1.807, 2.05) is 12.1 Å². The Kier molecular flexibility index (Phi) is 5.89. The van der Waals surface area contributed by atoms with E-state index in [2.05, 4.69) is 42.8 Å². The van der Waals surface area contributed by atoms with Crippen molar-refractivity contribution in [3.05, 3.63) is 58.1 Å². The second-order valence-corrected chi connectivity index (χ2v) is 7.25. The molecule has 0 atom stereocenters. The Labute approximate surface area is 150 Å². The average molecular weight is 393 g/mol. The van der Waals surface area contributed by atoms with Crippen molar-refractivity contribution >= 4 is 21.9 Å². The summed E-state index contributed by atoms with van der Waals surface area (Å²) in [7, 11) is 0. The van der Waals surface area contributed by atoms with E-state index in [9.17, 15) is 4.79 Å². The molecule has 2 rings (SSSR count). The minimum Gasteiger partial charge on any atom is -0.489 e. The first-order valence-corrected chi connectivity index (χ1v) is 8.46. The summed E-state index contributed by atoms with van der Waals surface area (Å²) >= 11 is 3.52. The molecule has 0 aromatic heterocycles. The van der Waals surface area contributed by atoms with E-state index in [0.717, 1.165) is 10.2 Å². The minimum absolute atomic E-state index is 0.0741. The van der Waals surface area contributed by atoms with Crippen molar-refractivity contribution in [1.82, 2.24) is 0 Å². The summed E-state index contributed by atoms with van der Waals surface area (Å²) < 4.78 is 12.1. The Morgan fingerprint density at radius 3 is 2.25 bits per heavy atom. The number of hydrogen-bond donors (Lipinski definition) is 1. The van der Waals surface area contributed by atoms with Gasteiger partial charge in [-0.3, -0.25) is 0 Å². The van der Waals surface area contributed by atoms with E-state index < -0.39 is 5.97 Å². The number of halogens is 1. The molecule has 0 fully saturated rings. The maximum absolute atomic E-state index is 11.1. The summed E-state index contributed by atoms with van der Waals surface area (Å²) in [6.45, 7) is 7.05. The van der Waals surface area contributed by atoms with Gasteiger partial charge in [-0.25, -0.2) is 4.79 Å². The van der Waals surface area contributed by atoms with Crippen molar-refractivity contribution in [2.75, 3.05) is 13.2 Å². The number of carbonyl (C=O) groups is 1. The molecule has 24 heavy (non-hydrogen) atoms. The van der Waals surface area contributed by atoms with Gasteiger partial charge < -0.3 is 14.6 Å². The molecule has 2 aromatic rings. The predicted octanol–water partition coefficient (Wildman–Crippen LogP) is 4.90. The fraction of sp³-hybridized carbons (Fsp3) is 0.316. The zero-order valence-electron chi connectivity index (χ0n) is 14.0. The van der Waals surface area contributed by atoms with Gasteiger partial charge in [0.15, 0.2) is 0 Å². The van der Waals surface area contributed by atoms with Gasteiger partial charge in [-0.2, -0.15) is 0 Å². The molecule has 0 bridgehead atoms. The van der Waals surface area contributed by atoms with Crippen LogP contribution in [0.5, 0.6) is 11.5 Å². The lowest BCUT2D eigenvalue weighted by Gasteiger charge is -2.20. The lowest BCUT2D eigenvalue weighted by molar-refractivity contribution is 0.0691. The zero-order chi connectivity index (χ0) is 17.7. The molecule has 0 aliphatic heterocycles. The lowest BCUT2D eigenvalue weighted by Crippen LogP contribution is -2.13. The fourth-order valence-electron chi connectivity index (χ4n) is 2.16. The van der Waals surface area contributed by atoms with E-state index in [0.29, 0.717) is 12.4 Å². The Bertz CT molecular complexity index is 720. The van der Waals surface area contributed by atoms with Gasteiger partial charge in [0, 0.05) is 0 Å². The van der Waals surface area contributed by atoms with Gasteiger partial charge in [0.05, 0.1) is 4.47 Å². The van der Waals surface area contributed by atoms with Crippen LogP contribution in [0.15, 0.2) is 46.9 Å². The van der Waals surface area contributed by atoms with Crippen molar-refractivity contribution in [3.8, 4) is 11.5 Å². The summed E-state index contributed by atoms with van der Waals surface area (Å²) in [6.07, 6.45) is 0. The van der Waals surface area contributed by atoms with Crippen LogP contribution in [0.4, 0.5) is 0 Å². The largest absolute Gasteiger partial charge is 0.489 e. The molecular formula is C19H21BrO4. The third kappa shape index (κ3) is 4.74. The Morgan fingerprint density at radius 2 is 1.67 bits per heavy atom. The van der Waals surface area contributed by atoms with E-state index in [-0.39, 0.29) is 17.6 Å². The van der Waals surface area contributed by atoms with Gasteiger partial charge in [-0.1, -0.05) is 39.0 Å². The van der Waals surface area contributed by atoms with Crippen LogP contribution in [0.25, 0.3) is 0 Å². The molecular weight excluding hydrogens is 372 g/mol. The number of para-hydroxylation sites is 1. The molecule has 0 spiro atoms. The summed E-state index contributed by atoms with van der Waals surface area (Å²) in [5.74, 6) is 0.0703. The lowest BCUT2D eigenvalue weighted by atomic mass is 9.87. The van der Waals surface area contributed by atoms with Crippen molar-refractivity contribution < 1.29 is 19.4 Å². The van der Waals surface area contributed by atoms with Gasteiger partial charge in [0.25, 0.3) is 0 Å². The summed E-state index contributed by atoms with van der Waals surface area (Å²) in [4.78, 5) is 11.1. The van der Waals surface area contributed by atoms with Crippen LogP contribution >= 0.6 is 15.9 Å². The molecule has 0 saturated heterocycles. The number of ether oxygens (including phenoxy) is 2. The Morgan fingerprint density at radius 1 is 1.04 bits per heavy atom. The Balaban J connectivity index is 1.93. The zero-order valence-corrected chi connectivity index (χ0v) is 15.6. The number of hydrogen-bond acceptors (Lipinski definition) is 3.